The van der Waals surface area contributed by atoms with Crippen molar-refractivity contribution in [2.24, 2.45) is 0 Å². The number of rotatable bonds is 2. The van der Waals surface area contributed by atoms with Gasteiger partial charge in [0.15, 0.2) is 0 Å². The van der Waals surface area contributed by atoms with Gasteiger partial charge in [-0.05, 0) is 23.3 Å². The normalized spacial score (nSPS) is 18.6. The SMILES string of the molecule is C#CCC(O)C1C=Cc2cc(C#N)ccc21. The molecular formula is C14H11NO. The van der Waals surface area contributed by atoms with Crippen LogP contribution in [0.4, 0.5) is 0 Å². The Morgan fingerprint density at radius 3 is 3.00 bits per heavy atom. The van der Waals surface area contributed by atoms with Gasteiger partial charge >= 0.3 is 0 Å². The van der Waals surface area contributed by atoms with Crippen molar-refractivity contribution in [3.63, 3.8) is 0 Å². The third-order valence-electron chi connectivity index (χ3n) is 2.80. The molecule has 1 aliphatic carbocycles. The van der Waals surface area contributed by atoms with Crippen molar-refractivity contribution < 1.29 is 5.11 Å². The van der Waals surface area contributed by atoms with Crippen LogP contribution in [-0.4, -0.2) is 11.2 Å². The first kappa shape index (κ1) is 10.5. The summed E-state index contributed by atoms with van der Waals surface area (Å²) in [6, 6.07) is 7.58. The summed E-state index contributed by atoms with van der Waals surface area (Å²) in [5, 5.41) is 18.6. The highest BCUT2D eigenvalue weighted by molar-refractivity contribution is 5.64. The number of fused-ring (bicyclic) bond motifs is 1. The standard InChI is InChI=1S/C14H11NO/c1-2-3-14(16)13-7-5-11-8-10(9-15)4-6-12(11)13/h1,4-8,13-14,16H,3H2. The van der Waals surface area contributed by atoms with Crippen LogP contribution in [0.3, 0.4) is 0 Å². The fourth-order valence-corrected chi connectivity index (χ4v) is 1.99. The maximum absolute atomic E-state index is 9.86. The summed E-state index contributed by atoms with van der Waals surface area (Å²) in [6.45, 7) is 0. The van der Waals surface area contributed by atoms with Gasteiger partial charge in [-0.25, -0.2) is 0 Å². The lowest BCUT2D eigenvalue weighted by molar-refractivity contribution is 0.165. The molecule has 0 amide bonds. The van der Waals surface area contributed by atoms with Crippen LogP contribution >= 0.6 is 0 Å². The van der Waals surface area contributed by atoms with Gasteiger partial charge in [0.2, 0.25) is 0 Å². The van der Waals surface area contributed by atoms with E-state index in [-0.39, 0.29) is 5.92 Å². The lowest BCUT2D eigenvalue weighted by Gasteiger charge is -2.16. The summed E-state index contributed by atoms with van der Waals surface area (Å²) in [4.78, 5) is 0. The monoisotopic (exact) mass is 209 g/mol. The number of aliphatic hydroxyl groups is 1. The van der Waals surface area contributed by atoms with Gasteiger partial charge in [0.05, 0.1) is 17.7 Å². The minimum absolute atomic E-state index is 0.0428. The van der Waals surface area contributed by atoms with Gasteiger partial charge in [-0.3, -0.25) is 0 Å². The molecule has 0 bridgehead atoms. The van der Waals surface area contributed by atoms with E-state index in [1.54, 1.807) is 6.07 Å². The van der Waals surface area contributed by atoms with Crippen molar-refractivity contribution in [2.45, 2.75) is 18.4 Å². The molecule has 78 valence electrons. The van der Waals surface area contributed by atoms with Crippen molar-refractivity contribution in [1.82, 2.24) is 0 Å². The number of hydrogen-bond donors (Lipinski definition) is 1. The quantitative estimate of drug-likeness (QED) is 0.757. The topological polar surface area (TPSA) is 44.0 Å². The predicted molar refractivity (Wildman–Crippen MR) is 62.4 cm³/mol. The summed E-state index contributed by atoms with van der Waals surface area (Å²) in [5.74, 6) is 2.42. The second-order valence-corrected chi connectivity index (χ2v) is 3.82. The molecule has 1 N–H and O–H groups in total. The van der Waals surface area contributed by atoms with Crippen LogP contribution in [0, 0.1) is 23.7 Å². The second kappa shape index (κ2) is 4.23. The molecule has 0 aliphatic heterocycles. The van der Waals surface area contributed by atoms with E-state index in [1.807, 2.05) is 24.3 Å². The zero-order valence-electron chi connectivity index (χ0n) is 8.72. The Hall–Kier alpha value is -2.03. The highest BCUT2D eigenvalue weighted by Gasteiger charge is 2.23. The van der Waals surface area contributed by atoms with Gasteiger partial charge in [0.1, 0.15) is 0 Å². The van der Waals surface area contributed by atoms with Crippen LogP contribution in [-0.2, 0) is 0 Å². The maximum Gasteiger partial charge on any atom is 0.0991 e. The van der Waals surface area contributed by atoms with Crippen molar-refractivity contribution in [3.8, 4) is 18.4 Å². The Balaban J connectivity index is 2.32. The van der Waals surface area contributed by atoms with Crippen molar-refractivity contribution in [1.29, 1.82) is 5.26 Å². The average Bonchev–Trinajstić information content (AvgIpc) is 2.71. The first-order chi connectivity index (χ1) is 7.76. The van der Waals surface area contributed by atoms with E-state index >= 15 is 0 Å². The van der Waals surface area contributed by atoms with Crippen LogP contribution in [0.15, 0.2) is 24.3 Å². The fraction of sp³-hybridized carbons (Fsp3) is 0.214. The van der Waals surface area contributed by atoms with Gasteiger partial charge < -0.3 is 5.11 Å². The van der Waals surface area contributed by atoms with Gasteiger partial charge in [0.25, 0.3) is 0 Å². The van der Waals surface area contributed by atoms with Crippen LogP contribution in [0.25, 0.3) is 6.08 Å². The first-order valence-corrected chi connectivity index (χ1v) is 5.10. The van der Waals surface area contributed by atoms with Gasteiger partial charge in [-0.15, -0.1) is 12.3 Å². The number of aliphatic hydroxyl groups excluding tert-OH is 1. The number of hydrogen-bond acceptors (Lipinski definition) is 2. The van der Waals surface area contributed by atoms with Crippen LogP contribution in [0.2, 0.25) is 0 Å². The summed E-state index contributed by atoms with van der Waals surface area (Å²) in [7, 11) is 0. The largest absolute Gasteiger partial charge is 0.391 e. The fourth-order valence-electron chi connectivity index (χ4n) is 1.99. The molecule has 0 aromatic heterocycles. The zero-order chi connectivity index (χ0) is 11.5. The Labute approximate surface area is 94.8 Å². The molecule has 2 heteroatoms. The molecule has 0 saturated heterocycles. The molecule has 2 unspecified atom stereocenters. The number of nitriles is 1. The molecule has 1 aromatic rings. The van der Waals surface area contributed by atoms with E-state index in [9.17, 15) is 5.11 Å². The molecule has 0 spiro atoms. The van der Waals surface area contributed by atoms with Gasteiger partial charge in [0, 0.05) is 12.3 Å². The minimum atomic E-state index is -0.546. The molecule has 1 aromatic carbocycles. The summed E-state index contributed by atoms with van der Waals surface area (Å²) >= 11 is 0. The van der Waals surface area contributed by atoms with Gasteiger partial charge in [-0.1, -0.05) is 18.2 Å². The van der Waals surface area contributed by atoms with E-state index in [1.165, 1.54) is 0 Å². The van der Waals surface area contributed by atoms with Crippen LogP contribution < -0.4 is 0 Å². The highest BCUT2D eigenvalue weighted by atomic mass is 16.3. The minimum Gasteiger partial charge on any atom is -0.391 e. The third-order valence-corrected chi connectivity index (χ3v) is 2.80. The smallest absolute Gasteiger partial charge is 0.0991 e. The van der Waals surface area contributed by atoms with E-state index in [2.05, 4.69) is 12.0 Å². The molecular weight excluding hydrogens is 198 g/mol. The molecule has 0 radical (unpaired) electrons. The zero-order valence-corrected chi connectivity index (χ0v) is 8.72. The molecule has 16 heavy (non-hydrogen) atoms. The number of nitrogens with zero attached hydrogens (tertiary/aromatic N) is 1. The maximum atomic E-state index is 9.86. The van der Waals surface area contributed by atoms with Crippen LogP contribution in [0.5, 0.6) is 0 Å². The lowest BCUT2D eigenvalue weighted by atomic mass is 9.93. The van der Waals surface area contributed by atoms with E-state index < -0.39 is 6.10 Å². The summed E-state index contributed by atoms with van der Waals surface area (Å²) in [6.07, 6.45) is 8.85. The summed E-state index contributed by atoms with van der Waals surface area (Å²) < 4.78 is 0. The lowest BCUT2D eigenvalue weighted by Crippen LogP contribution is -2.14. The number of benzene rings is 1. The molecule has 0 heterocycles. The highest BCUT2D eigenvalue weighted by Crippen LogP contribution is 2.33. The Kier molecular flexibility index (Phi) is 2.77. The second-order valence-electron chi connectivity index (χ2n) is 3.82. The number of terminal acetylenes is 1. The molecule has 0 saturated carbocycles. The summed E-state index contributed by atoms with van der Waals surface area (Å²) in [5.41, 5.74) is 2.68. The van der Waals surface area contributed by atoms with Crippen molar-refractivity contribution in [3.05, 3.63) is 41.0 Å². The van der Waals surface area contributed by atoms with E-state index in [0.29, 0.717) is 12.0 Å². The van der Waals surface area contributed by atoms with E-state index in [4.69, 9.17) is 11.7 Å². The van der Waals surface area contributed by atoms with Crippen molar-refractivity contribution >= 4 is 6.08 Å². The molecule has 0 fully saturated rings. The predicted octanol–water partition coefficient (Wildman–Crippen LogP) is 2.05. The van der Waals surface area contributed by atoms with Crippen molar-refractivity contribution in [2.75, 3.05) is 0 Å². The Bertz CT molecular complexity index is 517. The van der Waals surface area contributed by atoms with Gasteiger partial charge in [-0.2, -0.15) is 5.26 Å². The first-order valence-electron chi connectivity index (χ1n) is 5.10. The molecule has 2 nitrogen and oxygen atoms in total. The molecule has 2 rings (SSSR count). The Morgan fingerprint density at radius 2 is 2.31 bits per heavy atom. The third kappa shape index (κ3) is 1.72. The molecule has 2 atom stereocenters. The average molecular weight is 209 g/mol. The Morgan fingerprint density at radius 1 is 1.50 bits per heavy atom. The van der Waals surface area contributed by atoms with E-state index in [0.717, 1.165) is 11.1 Å². The van der Waals surface area contributed by atoms with Crippen LogP contribution in [0.1, 0.15) is 29.0 Å². The molecule has 1 aliphatic rings.